The first-order valence-electron chi connectivity index (χ1n) is 10.2. The topological polar surface area (TPSA) is 86.8 Å². The van der Waals surface area contributed by atoms with Crippen LogP contribution in [0.25, 0.3) is 0 Å². The van der Waals surface area contributed by atoms with Crippen LogP contribution in [0.5, 0.6) is 0 Å². The standard InChI is InChI=1S/C20H31N5O3/c26-19(22-7-10-24-11-13-28-14-12-24)20(27)23-15-17-3-8-25(9-4-17)16-18-1-5-21-6-2-18/h1-2,5-6,17H,3-4,7-16H2,(H,22,26)(H,23,27). The van der Waals surface area contributed by atoms with Crippen LogP contribution < -0.4 is 10.6 Å². The highest BCUT2D eigenvalue weighted by Crippen LogP contribution is 2.18. The highest BCUT2D eigenvalue weighted by molar-refractivity contribution is 6.35. The minimum Gasteiger partial charge on any atom is -0.379 e. The summed E-state index contributed by atoms with van der Waals surface area (Å²) in [6.45, 7) is 7.97. The summed E-state index contributed by atoms with van der Waals surface area (Å²) in [7, 11) is 0. The monoisotopic (exact) mass is 389 g/mol. The summed E-state index contributed by atoms with van der Waals surface area (Å²) in [5.41, 5.74) is 1.27. The number of likely N-dealkylation sites (tertiary alicyclic amines) is 1. The predicted molar refractivity (Wildman–Crippen MR) is 106 cm³/mol. The largest absolute Gasteiger partial charge is 0.379 e. The third kappa shape index (κ3) is 6.85. The highest BCUT2D eigenvalue weighted by Gasteiger charge is 2.21. The molecule has 1 aromatic rings. The zero-order valence-electron chi connectivity index (χ0n) is 16.4. The average Bonchev–Trinajstić information content (AvgIpc) is 2.74. The normalized spacial score (nSPS) is 19.3. The molecule has 3 heterocycles. The molecule has 2 fully saturated rings. The van der Waals surface area contributed by atoms with Crippen molar-refractivity contribution in [1.29, 1.82) is 0 Å². The average molecular weight is 390 g/mol. The van der Waals surface area contributed by atoms with Crippen molar-refractivity contribution in [3.05, 3.63) is 30.1 Å². The molecule has 28 heavy (non-hydrogen) atoms. The molecule has 154 valence electrons. The molecule has 2 aliphatic rings. The first-order chi connectivity index (χ1) is 13.7. The second kappa shape index (κ2) is 11.1. The lowest BCUT2D eigenvalue weighted by Crippen LogP contribution is -2.46. The molecule has 3 rings (SSSR count). The van der Waals surface area contributed by atoms with Crippen molar-refractivity contribution >= 4 is 11.8 Å². The number of morpholine rings is 1. The first kappa shape index (κ1) is 20.7. The van der Waals surface area contributed by atoms with Crippen LogP contribution in [0.1, 0.15) is 18.4 Å². The zero-order valence-corrected chi connectivity index (χ0v) is 16.4. The number of carbonyl (C=O) groups is 2. The highest BCUT2D eigenvalue weighted by atomic mass is 16.5. The van der Waals surface area contributed by atoms with Crippen molar-refractivity contribution in [3.63, 3.8) is 0 Å². The lowest BCUT2D eigenvalue weighted by molar-refractivity contribution is -0.139. The number of pyridine rings is 1. The number of hydrogen-bond acceptors (Lipinski definition) is 6. The Morgan fingerprint density at radius 1 is 1.00 bits per heavy atom. The van der Waals surface area contributed by atoms with Gasteiger partial charge in [0, 0.05) is 51.7 Å². The van der Waals surface area contributed by atoms with Crippen molar-refractivity contribution in [1.82, 2.24) is 25.4 Å². The maximum Gasteiger partial charge on any atom is 0.309 e. The van der Waals surface area contributed by atoms with E-state index in [2.05, 4.69) is 25.4 Å². The Hall–Kier alpha value is -2.03. The summed E-state index contributed by atoms with van der Waals surface area (Å²) in [5.74, 6) is -0.636. The minimum atomic E-state index is -0.539. The third-order valence-electron chi connectivity index (χ3n) is 5.44. The molecule has 2 aliphatic heterocycles. The molecule has 2 saturated heterocycles. The fourth-order valence-electron chi connectivity index (χ4n) is 3.64. The fraction of sp³-hybridized carbons (Fsp3) is 0.650. The summed E-state index contributed by atoms with van der Waals surface area (Å²) >= 11 is 0. The van der Waals surface area contributed by atoms with Crippen LogP contribution in [-0.2, 0) is 20.9 Å². The molecule has 0 aromatic carbocycles. The van der Waals surface area contributed by atoms with E-state index in [0.29, 0.717) is 19.0 Å². The Bertz CT molecular complexity index is 614. The van der Waals surface area contributed by atoms with Crippen molar-refractivity contribution in [2.45, 2.75) is 19.4 Å². The first-order valence-corrected chi connectivity index (χ1v) is 10.2. The van der Waals surface area contributed by atoms with Crippen molar-refractivity contribution in [3.8, 4) is 0 Å². The number of aromatic nitrogens is 1. The van der Waals surface area contributed by atoms with Gasteiger partial charge in [-0.15, -0.1) is 0 Å². The van der Waals surface area contributed by atoms with E-state index in [4.69, 9.17) is 4.74 Å². The molecule has 0 saturated carbocycles. The lowest BCUT2D eigenvalue weighted by atomic mass is 9.96. The number of rotatable bonds is 7. The van der Waals surface area contributed by atoms with Gasteiger partial charge in [-0.3, -0.25) is 24.4 Å². The third-order valence-corrected chi connectivity index (χ3v) is 5.44. The lowest BCUT2D eigenvalue weighted by Gasteiger charge is -2.32. The second-order valence-corrected chi connectivity index (χ2v) is 7.49. The molecule has 8 nitrogen and oxygen atoms in total. The van der Waals surface area contributed by atoms with Crippen LogP contribution in [0.4, 0.5) is 0 Å². The second-order valence-electron chi connectivity index (χ2n) is 7.49. The smallest absolute Gasteiger partial charge is 0.309 e. The molecule has 0 spiro atoms. The van der Waals surface area contributed by atoms with Crippen LogP contribution in [0.15, 0.2) is 24.5 Å². The van der Waals surface area contributed by atoms with Gasteiger partial charge in [0.05, 0.1) is 13.2 Å². The Kier molecular flexibility index (Phi) is 8.20. The van der Waals surface area contributed by atoms with E-state index in [1.807, 2.05) is 24.5 Å². The van der Waals surface area contributed by atoms with Gasteiger partial charge in [-0.05, 0) is 49.5 Å². The number of piperidine rings is 1. The van der Waals surface area contributed by atoms with E-state index in [-0.39, 0.29) is 0 Å². The summed E-state index contributed by atoms with van der Waals surface area (Å²) in [6, 6.07) is 4.09. The van der Waals surface area contributed by atoms with Crippen LogP contribution in [0.2, 0.25) is 0 Å². The predicted octanol–water partition coefficient (Wildman–Crippen LogP) is -0.142. The minimum absolute atomic E-state index is 0.429. The number of nitrogens with zero attached hydrogens (tertiary/aromatic N) is 3. The van der Waals surface area contributed by atoms with E-state index in [9.17, 15) is 9.59 Å². The van der Waals surface area contributed by atoms with Crippen molar-refractivity contribution in [2.24, 2.45) is 5.92 Å². The number of amides is 2. The summed E-state index contributed by atoms with van der Waals surface area (Å²) in [5, 5.41) is 5.50. The Morgan fingerprint density at radius 3 is 2.39 bits per heavy atom. The summed E-state index contributed by atoms with van der Waals surface area (Å²) in [4.78, 5) is 32.6. The molecule has 0 aliphatic carbocycles. The van der Waals surface area contributed by atoms with Gasteiger partial charge >= 0.3 is 11.8 Å². The van der Waals surface area contributed by atoms with E-state index in [1.54, 1.807) is 0 Å². The quantitative estimate of drug-likeness (QED) is 0.631. The Morgan fingerprint density at radius 2 is 1.68 bits per heavy atom. The van der Waals surface area contributed by atoms with Crippen molar-refractivity contribution in [2.75, 3.05) is 59.0 Å². The van der Waals surface area contributed by atoms with Gasteiger partial charge in [0.1, 0.15) is 0 Å². The van der Waals surface area contributed by atoms with E-state index >= 15 is 0 Å². The van der Waals surface area contributed by atoms with Gasteiger partial charge in [0.25, 0.3) is 0 Å². The van der Waals surface area contributed by atoms with Crippen LogP contribution in [0.3, 0.4) is 0 Å². The maximum absolute atomic E-state index is 12.0. The SMILES string of the molecule is O=C(NCCN1CCOCC1)C(=O)NCC1CCN(Cc2ccncc2)CC1. The summed E-state index contributed by atoms with van der Waals surface area (Å²) in [6.07, 6.45) is 5.71. The van der Waals surface area contributed by atoms with E-state index < -0.39 is 11.8 Å². The van der Waals surface area contributed by atoms with Gasteiger partial charge in [0.2, 0.25) is 0 Å². The number of nitrogens with one attached hydrogen (secondary N) is 2. The molecule has 0 radical (unpaired) electrons. The molecule has 0 bridgehead atoms. The van der Waals surface area contributed by atoms with Gasteiger partial charge in [-0.1, -0.05) is 0 Å². The molecule has 2 N–H and O–H groups in total. The van der Waals surface area contributed by atoms with Gasteiger partial charge in [-0.2, -0.15) is 0 Å². The van der Waals surface area contributed by atoms with Crippen molar-refractivity contribution < 1.29 is 14.3 Å². The van der Waals surface area contributed by atoms with E-state index in [0.717, 1.165) is 65.3 Å². The zero-order chi connectivity index (χ0) is 19.6. The molecular formula is C20H31N5O3. The number of carbonyl (C=O) groups excluding carboxylic acids is 2. The Balaban J connectivity index is 1.26. The molecule has 0 atom stereocenters. The maximum atomic E-state index is 12.0. The van der Waals surface area contributed by atoms with Gasteiger partial charge in [-0.25, -0.2) is 0 Å². The van der Waals surface area contributed by atoms with Crippen LogP contribution in [0, 0.1) is 5.92 Å². The van der Waals surface area contributed by atoms with Gasteiger partial charge in [0.15, 0.2) is 0 Å². The fourth-order valence-corrected chi connectivity index (χ4v) is 3.64. The van der Waals surface area contributed by atoms with Crippen LogP contribution in [-0.4, -0.2) is 85.6 Å². The van der Waals surface area contributed by atoms with Crippen LogP contribution >= 0.6 is 0 Å². The molecule has 2 amide bonds. The number of ether oxygens (including phenoxy) is 1. The molecular weight excluding hydrogens is 358 g/mol. The molecule has 8 heteroatoms. The Labute approximate surface area is 166 Å². The number of hydrogen-bond donors (Lipinski definition) is 2. The summed E-state index contributed by atoms with van der Waals surface area (Å²) < 4.78 is 5.29. The molecule has 0 unspecified atom stereocenters. The molecule has 1 aromatic heterocycles. The van der Waals surface area contributed by atoms with E-state index in [1.165, 1.54) is 5.56 Å². The van der Waals surface area contributed by atoms with Gasteiger partial charge < -0.3 is 15.4 Å².